The summed E-state index contributed by atoms with van der Waals surface area (Å²) in [6.45, 7) is 2.83. The lowest BCUT2D eigenvalue weighted by atomic mass is 9.72. The minimum atomic E-state index is -4.66. The summed E-state index contributed by atoms with van der Waals surface area (Å²) >= 11 is 0. The number of fused-ring (bicyclic) bond motifs is 2. The van der Waals surface area contributed by atoms with Crippen molar-refractivity contribution in [2.24, 2.45) is 11.8 Å². The summed E-state index contributed by atoms with van der Waals surface area (Å²) in [6.07, 6.45) is 1.86. The zero-order chi connectivity index (χ0) is 21.8. The first kappa shape index (κ1) is 20.1. The zero-order valence-corrected chi connectivity index (χ0v) is 17.1. The van der Waals surface area contributed by atoms with Crippen LogP contribution in [0.3, 0.4) is 0 Å². The molecule has 3 aromatic heterocycles. The molecule has 3 aromatic rings. The first-order valence-corrected chi connectivity index (χ1v) is 10.7. The van der Waals surface area contributed by atoms with Gasteiger partial charge in [-0.25, -0.2) is 9.50 Å². The molecule has 4 heterocycles. The number of likely N-dealkylation sites (tertiary alicyclic amines) is 1. The van der Waals surface area contributed by atoms with Crippen molar-refractivity contribution in [2.45, 2.75) is 51.2 Å². The number of rotatable bonds is 2. The number of hydrogen-bond acceptors (Lipinski definition) is 4. The van der Waals surface area contributed by atoms with Gasteiger partial charge in [0.2, 0.25) is 0 Å². The molecule has 164 valence electrons. The van der Waals surface area contributed by atoms with Crippen LogP contribution in [0.1, 0.15) is 55.2 Å². The Morgan fingerprint density at radius 1 is 1.19 bits per heavy atom. The lowest BCUT2D eigenvalue weighted by molar-refractivity contribution is -0.142. The number of amides is 1. The third kappa shape index (κ3) is 3.49. The molecule has 0 radical (unpaired) electrons. The molecule has 5 rings (SSSR count). The van der Waals surface area contributed by atoms with Gasteiger partial charge in [-0.05, 0) is 49.3 Å². The van der Waals surface area contributed by atoms with Gasteiger partial charge < -0.3 is 9.32 Å². The molecule has 1 saturated heterocycles. The van der Waals surface area contributed by atoms with Crippen LogP contribution in [-0.2, 0) is 6.18 Å². The van der Waals surface area contributed by atoms with E-state index in [1.165, 1.54) is 12.3 Å². The zero-order valence-electron chi connectivity index (χ0n) is 17.1. The topological polar surface area (TPSA) is 63.6 Å². The Balaban J connectivity index is 1.55. The first-order chi connectivity index (χ1) is 14.8. The second kappa shape index (κ2) is 7.39. The molecular formula is C22H23F3N4O2. The number of alkyl halides is 3. The van der Waals surface area contributed by atoms with Gasteiger partial charge in [0.25, 0.3) is 5.91 Å². The summed E-state index contributed by atoms with van der Waals surface area (Å²) in [6, 6.07) is 5.49. The van der Waals surface area contributed by atoms with Crippen LogP contribution in [0, 0.1) is 11.8 Å². The van der Waals surface area contributed by atoms with Gasteiger partial charge in [-0.1, -0.05) is 19.8 Å². The predicted octanol–water partition coefficient (Wildman–Crippen LogP) is 5.05. The highest BCUT2D eigenvalue weighted by molar-refractivity contribution is 5.93. The van der Waals surface area contributed by atoms with E-state index in [9.17, 15) is 18.0 Å². The van der Waals surface area contributed by atoms with Crippen molar-refractivity contribution >= 4 is 11.6 Å². The van der Waals surface area contributed by atoms with E-state index in [1.54, 1.807) is 12.1 Å². The van der Waals surface area contributed by atoms with Gasteiger partial charge in [0, 0.05) is 18.7 Å². The normalized spacial score (nSPS) is 24.4. The molecule has 1 saturated carbocycles. The Labute approximate surface area is 177 Å². The fourth-order valence-corrected chi connectivity index (χ4v) is 5.14. The van der Waals surface area contributed by atoms with Crippen LogP contribution in [0.4, 0.5) is 13.2 Å². The van der Waals surface area contributed by atoms with Gasteiger partial charge in [0.05, 0.1) is 6.26 Å². The van der Waals surface area contributed by atoms with Crippen LogP contribution in [0.15, 0.2) is 34.9 Å². The van der Waals surface area contributed by atoms with Crippen LogP contribution in [0.5, 0.6) is 0 Å². The molecular weight excluding hydrogens is 409 g/mol. The number of carbonyl (C=O) groups excluding carboxylic acids is 1. The molecule has 0 bridgehead atoms. The molecule has 2 fully saturated rings. The van der Waals surface area contributed by atoms with Crippen LogP contribution < -0.4 is 0 Å². The third-order valence-electron chi connectivity index (χ3n) is 6.71. The van der Waals surface area contributed by atoms with E-state index < -0.39 is 11.9 Å². The van der Waals surface area contributed by atoms with Crippen molar-refractivity contribution in [1.82, 2.24) is 19.5 Å². The van der Waals surface area contributed by atoms with Crippen LogP contribution in [-0.4, -0.2) is 38.0 Å². The van der Waals surface area contributed by atoms with Crippen LogP contribution in [0.2, 0.25) is 0 Å². The fourth-order valence-electron chi connectivity index (χ4n) is 5.14. The molecule has 0 N–H and O–H groups in total. The lowest BCUT2D eigenvalue weighted by Crippen LogP contribution is -2.52. The number of furan rings is 1. The molecule has 0 unspecified atom stereocenters. The monoisotopic (exact) mass is 432 g/mol. The molecule has 31 heavy (non-hydrogen) atoms. The Kier molecular flexibility index (Phi) is 4.79. The summed E-state index contributed by atoms with van der Waals surface area (Å²) in [5.74, 6) is 0.891. The van der Waals surface area contributed by atoms with Gasteiger partial charge in [-0.2, -0.15) is 18.3 Å². The van der Waals surface area contributed by atoms with Crippen LogP contribution in [0.25, 0.3) is 17.1 Å². The standard InChI is InChI=1S/C22H23F3N4O2/c1-13-8-9-28(17-6-3-2-5-14(13)17)21(30)16-12-20-26-15(18-7-4-10-31-18)11-19(22(23,24)25)29(20)27-16/h4,7,10-14,17H,2-3,5-6,8-9H2,1H3/t13-,14+,17+/m1/s1. The van der Waals surface area contributed by atoms with Gasteiger partial charge >= 0.3 is 6.18 Å². The van der Waals surface area contributed by atoms with E-state index in [0.717, 1.165) is 38.2 Å². The molecule has 1 aliphatic carbocycles. The summed E-state index contributed by atoms with van der Waals surface area (Å²) < 4.78 is 47.2. The molecule has 9 heteroatoms. The highest BCUT2D eigenvalue weighted by atomic mass is 19.4. The molecule has 1 amide bonds. The summed E-state index contributed by atoms with van der Waals surface area (Å²) in [7, 11) is 0. The molecule has 0 aromatic carbocycles. The van der Waals surface area contributed by atoms with Gasteiger partial charge in [-0.15, -0.1) is 0 Å². The highest BCUT2D eigenvalue weighted by Crippen LogP contribution is 2.39. The maximum atomic E-state index is 13.8. The van der Waals surface area contributed by atoms with Crippen molar-refractivity contribution < 1.29 is 22.4 Å². The van der Waals surface area contributed by atoms with Gasteiger partial charge in [0.15, 0.2) is 22.8 Å². The van der Waals surface area contributed by atoms with E-state index in [2.05, 4.69) is 17.0 Å². The van der Waals surface area contributed by atoms with E-state index in [0.29, 0.717) is 22.9 Å². The van der Waals surface area contributed by atoms with Gasteiger partial charge in [-0.3, -0.25) is 4.79 Å². The number of halogens is 3. The molecule has 6 nitrogen and oxygen atoms in total. The Morgan fingerprint density at radius 3 is 2.74 bits per heavy atom. The van der Waals surface area contributed by atoms with Crippen molar-refractivity contribution in [3.63, 3.8) is 0 Å². The lowest BCUT2D eigenvalue weighted by Gasteiger charge is -2.47. The van der Waals surface area contributed by atoms with E-state index in [-0.39, 0.29) is 34.7 Å². The number of carbonyl (C=O) groups is 1. The van der Waals surface area contributed by atoms with Crippen molar-refractivity contribution in [3.8, 4) is 11.5 Å². The van der Waals surface area contributed by atoms with E-state index >= 15 is 0 Å². The Hall–Kier alpha value is -2.84. The fraction of sp³-hybridized carbons (Fsp3) is 0.500. The Morgan fingerprint density at radius 2 is 2.00 bits per heavy atom. The number of piperidine rings is 1. The van der Waals surface area contributed by atoms with Crippen molar-refractivity contribution in [2.75, 3.05) is 6.54 Å². The van der Waals surface area contributed by atoms with E-state index in [4.69, 9.17) is 4.42 Å². The predicted molar refractivity (Wildman–Crippen MR) is 106 cm³/mol. The first-order valence-electron chi connectivity index (χ1n) is 10.7. The maximum Gasteiger partial charge on any atom is 0.433 e. The summed E-state index contributed by atoms with van der Waals surface area (Å²) in [4.78, 5) is 19.4. The molecule has 2 aliphatic rings. The minimum Gasteiger partial charge on any atom is -0.463 e. The third-order valence-corrected chi connectivity index (χ3v) is 6.71. The Bertz CT molecular complexity index is 1110. The maximum absolute atomic E-state index is 13.8. The number of aromatic nitrogens is 3. The minimum absolute atomic E-state index is 0.00604. The average Bonchev–Trinajstić information content (AvgIpc) is 3.42. The number of nitrogens with zero attached hydrogens (tertiary/aromatic N) is 4. The summed E-state index contributed by atoms with van der Waals surface area (Å²) in [5.41, 5.74) is -0.989. The summed E-state index contributed by atoms with van der Waals surface area (Å²) in [5, 5.41) is 4.05. The molecule has 1 aliphatic heterocycles. The van der Waals surface area contributed by atoms with Gasteiger partial charge in [0.1, 0.15) is 5.69 Å². The van der Waals surface area contributed by atoms with Crippen molar-refractivity contribution in [3.05, 3.63) is 41.9 Å². The quantitative estimate of drug-likeness (QED) is 0.569. The smallest absolute Gasteiger partial charge is 0.433 e. The van der Waals surface area contributed by atoms with Crippen LogP contribution >= 0.6 is 0 Å². The number of hydrogen-bond donors (Lipinski definition) is 0. The second-order valence-corrected chi connectivity index (χ2v) is 8.58. The SMILES string of the molecule is C[C@@H]1CCN(C(=O)c2cc3nc(-c4ccco4)cc(C(F)(F)F)n3n2)[C@H]2CCCC[C@@H]12. The molecule has 3 atom stereocenters. The van der Waals surface area contributed by atoms with E-state index in [1.807, 2.05) is 4.90 Å². The average molecular weight is 432 g/mol. The molecule has 0 spiro atoms. The largest absolute Gasteiger partial charge is 0.463 e. The van der Waals surface area contributed by atoms with Crippen molar-refractivity contribution in [1.29, 1.82) is 0 Å². The highest BCUT2D eigenvalue weighted by Gasteiger charge is 2.41. The second-order valence-electron chi connectivity index (χ2n) is 8.58.